The number of benzene rings is 2. The van der Waals surface area contributed by atoms with Crippen LogP contribution in [0, 0.1) is 3.77 Å². The predicted molar refractivity (Wildman–Crippen MR) is 138 cm³/mol. The van der Waals surface area contributed by atoms with E-state index in [9.17, 15) is 9.59 Å². The number of furan rings is 1. The van der Waals surface area contributed by atoms with Crippen LogP contribution in [-0.2, 0) is 9.53 Å². The molecule has 1 aromatic heterocycles. The highest BCUT2D eigenvalue weighted by atomic mass is 127. The quantitative estimate of drug-likeness (QED) is 0.447. The van der Waals surface area contributed by atoms with Crippen molar-refractivity contribution < 1.29 is 18.7 Å². The molecular formula is C25H23IN4O4. The van der Waals surface area contributed by atoms with Gasteiger partial charge in [-0.25, -0.2) is 0 Å². The highest BCUT2D eigenvalue weighted by molar-refractivity contribution is 14.1. The van der Waals surface area contributed by atoms with Crippen LogP contribution in [-0.4, -0.2) is 43.0 Å². The summed E-state index contributed by atoms with van der Waals surface area (Å²) < 4.78 is 12.3. The molecule has 4 rings (SSSR count). The minimum Gasteiger partial charge on any atom is -0.445 e. The maximum absolute atomic E-state index is 13.0. The Bertz CT molecular complexity index is 1250. The number of hydrogen-bond donors (Lipinski definition) is 1. The molecule has 0 unspecified atom stereocenters. The number of rotatable bonds is 6. The topological polar surface area (TPSA) is 87.4 Å². The molecule has 1 aliphatic rings. The number of nitrogens with one attached hydrogen (secondary N) is 1. The first kappa shape index (κ1) is 23.6. The normalized spacial score (nSPS) is 15.5. The third-order valence-corrected chi connectivity index (χ3v) is 5.62. The van der Waals surface area contributed by atoms with E-state index in [-0.39, 0.29) is 17.7 Å². The van der Waals surface area contributed by atoms with Crippen LogP contribution in [0.15, 0.2) is 81.9 Å². The Morgan fingerprint density at radius 3 is 2.35 bits per heavy atom. The smallest absolute Gasteiger partial charge is 0.277 e. The summed E-state index contributed by atoms with van der Waals surface area (Å²) in [5.74, 6) is -0.123. The molecule has 2 aromatic carbocycles. The fraction of sp³-hybridized carbons (Fsp3) is 0.160. The molecule has 2 amide bonds. The molecule has 34 heavy (non-hydrogen) atoms. The lowest BCUT2D eigenvalue weighted by molar-refractivity contribution is -0.133. The zero-order valence-electron chi connectivity index (χ0n) is 18.9. The lowest BCUT2D eigenvalue weighted by Crippen LogP contribution is -2.40. The van der Waals surface area contributed by atoms with Crippen molar-refractivity contribution in [2.24, 2.45) is 5.10 Å². The average Bonchev–Trinajstić information content (AvgIpc) is 3.46. The van der Waals surface area contributed by atoms with Gasteiger partial charge in [0.05, 0.1) is 5.70 Å². The second-order valence-corrected chi connectivity index (χ2v) is 8.81. The Labute approximate surface area is 211 Å². The minimum atomic E-state index is -0.976. The van der Waals surface area contributed by atoms with Crippen LogP contribution in [0.4, 0.5) is 5.69 Å². The van der Waals surface area contributed by atoms with Crippen LogP contribution in [0.1, 0.15) is 28.6 Å². The van der Waals surface area contributed by atoms with Gasteiger partial charge in [0.1, 0.15) is 0 Å². The standard InChI is InChI=1S/C25H23IN4O4/c1-16(31)30-25(34-24(28-30)21-13-14-22(26)33-21)20(27-23(32)18-7-5-4-6-8-18)15-17-9-11-19(12-10-17)29(2)3/h4-15,25H,1-3H3,(H,27,32)/b20-15-/t25-/m1/s1. The summed E-state index contributed by atoms with van der Waals surface area (Å²) in [6, 6.07) is 20.1. The molecule has 174 valence electrons. The van der Waals surface area contributed by atoms with E-state index in [0.717, 1.165) is 11.3 Å². The molecule has 3 aromatic rings. The minimum absolute atomic E-state index is 0.158. The maximum atomic E-state index is 13.0. The molecule has 9 heteroatoms. The van der Waals surface area contributed by atoms with Crippen LogP contribution in [0.2, 0.25) is 0 Å². The van der Waals surface area contributed by atoms with Crippen molar-refractivity contribution in [3.63, 3.8) is 0 Å². The Balaban J connectivity index is 1.70. The number of carbonyl (C=O) groups is 2. The van der Waals surface area contributed by atoms with Crippen molar-refractivity contribution in [2.45, 2.75) is 13.2 Å². The van der Waals surface area contributed by atoms with Crippen LogP contribution in [0.25, 0.3) is 6.08 Å². The third kappa shape index (κ3) is 5.30. The summed E-state index contributed by atoms with van der Waals surface area (Å²) in [5.41, 5.74) is 2.70. The average molecular weight is 570 g/mol. The van der Waals surface area contributed by atoms with Crippen molar-refractivity contribution in [1.29, 1.82) is 0 Å². The van der Waals surface area contributed by atoms with Gasteiger partial charge in [-0.2, -0.15) is 5.01 Å². The molecule has 2 heterocycles. The molecule has 1 atom stereocenters. The van der Waals surface area contributed by atoms with Crippen LogP contribution in [0.3, 0.4) is 0 Å². The second kappa shape index (κ2) is 10.1. The van der Waals surface area contributed by atoms with Crippen molar-refractivity contribution in [3.05, 3.63) is 93.1 Å². The first-order valence-electron chi connectivity index (χ1n) is 10.5. The summed E-state index contributed by atoms with van der Waals surface area (Å²) in [7, 11) is 3.92. The lowest BCUT2D eigenvalue weighted by Gasteiger charge is -2.22. The van der Waals surface area contributed by atoms with Gasteiger partial charge in [0, 0.05) is 32.3 Å². The predicted octanol–water partition coefficient (Wildman–Crippen LogP) is 4.29. The number of amides is 2. The van der Waals surface area contributed by atoms with Gasteiger partial charge in [0.15, 0.2) is 9.53 Å². The first-order valence-corrected chi connectivity index (χ1v) is 11.6. The van der Waals surface area contributed by atoms with Crippen molar-refractivity contribution in [2.75, 3.05) is 19.0 Å². The van der Waals surface area contributed by atoms with Crippen molar-refractivity contribution >= 4 is 52.1 Å². The fourth-order valence-corrected chi connectivity index (χ4v) is 3.72. The second-order valence-electron chi connectivity index (χ2n) is 7.75. The fourth-order valence-electron chi connectivity index (χ4n) is 3.31. The van der Waals surface area contributed by atoms with Gasteiger partial charge in [-0.3, -0.25) is 9.59 Å². The van der Waals surface area contributed by atoms with E-state index in [4.69, 9.17) is 9.15 Å². The lowest BCUT2D eigenvalue weighted by atomic mass is 10.1. The monoisotopic (exact) mass is 570 g/mol. The third-order valence-electron chi connectivity index (χ3n) is 5.04. The number of halogens is 1. The maximum Gasteiger partial charge on any atom is 0.277 e. The van der Waals surface area contributed by atoms with Gasteiger partial charge in [-0.1, -0.05) is 30.3 Å². The van der Waals surface area contributed by atoms with E-state index in [0.29, 0.717) is 20.8 Å². The Morgan fingerprint density at radius 1 is 1.06 bits per heavy atom. The summed E-state index contributed by atoms with van der Waals surface area (Å²) in [4.78, 5) is 27.4. The van der Waals surface area contributed by atoms with Crippen LogP contribution < -0.4 is 10.2 Å². The molecule has 0 spiro atoms. The van der Waals surface area contributed by atoms with E-state index in [1.165, 1.54) is 11.9 Å². The Morgan fingerprint density at radius 2 is 1.76 bits per heavy atom. The van der Waals surface area contributed by atoms with E-state index < -0.39 is 6.23 Å². The largest absolute Gasteiger partial charge is 0.445 e. The molecule has 1 aliphatic heterocycles. The highest BCUT2D eigenvalue weighted by Gasteiger charge is 2.36. The van der Waals surface area contributed by atoms with Crippen LogP contribution in [0.5, 0.6) is 0 Å². The Hall–Kier alpha value is -3.60. The van der Waals surface area contributed by atoms with E-state index in [1.54, 1.807) is 42.5 Å². The summed E-state index contributed by atoms with van der Waals surface area (Å²) in [5, 5.41) is 8.42. The molecule has 8 nitrogen and oxygen atoms in total. The van der Waals surface area contributed by atoms with Gasteiger partial charge >= 0.3 is 0 Å². The molecular weight excluding hydrogens is 547 g/mol. The number of carbonyl (C=O) groups excluding carboxylic acids is 2. The summed E-state index contributed by atoms with van der Waals surface area (Å²) in [6.45, 7) is 1.39. The Kier molecular flexibility index (Phi) is 7.01. The number of hydrogen-bond acceptors (Lipinski definition) is 6. The number of anilines is 1. The number of hydrazone groups is 1. The SMILES string of the molecule is CC(=O)N1N=C(c2ccc(I)o2)O[C@@H]1/C(=C/c1ccc(N(C)C)cc1)NC(=O)c1ccccc1. The molecule has 0 aliphatic carbocycles. The summed E-state index contributed by atoms with van der Waals surface area (Å²) >= 11 is 2.04. The highest BCUT2D eigenvalue weighted by Crippen LogP contribution is 2.25. The van der Waals surface area contributed by atoms with E-state index >= 15 is 0 Å². The van der Waals surface area contributed by atoms with Gasteiger partial charge in [0.25, 0.3) is 11.8 Å². The molecule has 0 radical (unpaired) electrons. The molecule has 0 saturated carbocycles. The van der Waals surface area contributed by atoms with E-state index in [1.807, 2.05) is 71.9 Å². The molecule has 1 N–H and O–H groups in total. The number of ether oxygens (including phenoxy) is 1. The first-order chi connectivity index (χ1) is 16.3. The van der Waals surface area contributed by atoms with Gasteiger partial charge < -0.3 is 19.4 Å². The van der Waals surface area contributed by atoms with Crippen molar-refractivity contribution in [3.8, 4) is 0 Å². The molecule has 0 bridgehead atoms. The van der Waals surface area contributed by atoms with Gasteiger partial charge in [-0.15, -0.1) is 5.10 Å². The molecule has 0 fully saturated rings. The van der Waals surface area contributed by atoms with Crippen molar-refractivity contribution in [1.82, 2.24) is 10.3 Å². The van der Waals surface area contributed by atoms with Crippen LogP contribution >= 0.6 is 22.6 Å². The number of nitrogens with zero attached hydrogens (tertiary/aromatic N) is 3. The zero-order chi connectivity index (χ0) is 24.2. The zero-order valence-corrected chi connectivity index (χ0v) is 21.0. The van der Waals surface area contributed by atoms with E-state index in [2.05, 4.69) is 10.4 Å². The summed E-state index contributed by atoms with van der Waals surface area (Å²) in [6.07, 6.45) is 0.794. The van der Waals surface area contributed by atoms with Gasteiger partial charge in [0.2, 0.25) is 12.1 Å². The van der Waals surface area contributed by atoms with Gasteiger partial charge in [-0.05, 0) is 70.6 Å². The molecule has 0 saturated heterocycles.